The summed E-state index contributed by atoms with van der Waals surface area (Å²) in [5, 5.41) is 57.4. The molecule has 15 nitrogen and oxygen atoms in total. The topological polar surface area (TPSA) is 204 Å². The first kappa shape index (κ1) is 54.6. The molecule has 4 fully saturated rings. The highest BCUT2D eigenvalue weighted by Gasteiger charge is 2.37. The molecule has 0 saturated carbocycles. The molecule has 4 aliphatic heterocycles. The number of ether oxygens (including phenoxy) is 8. The molecule has 0 aromatic heterocycles. The summed E-state index contributed by atoms with van der Waals surface area (Å²) in [6.07, 6.45) is 5.19. The minimum atomic E-state index is -0.764. The van der Waals surface area contributed by atoms with Crippen molar-refractivity contribution >= 4 is 5.91 Å². The minimum absolute atomic E-state index is 0.0103. The number of amides is 1. The van der Waals surface area contributed by atoms with E-state index in [-0.39, 0.29) is 78.5 Å². The summed E-state index contributed by atoms with van der Waals surface area (Å²) in [6, 6.07) is 30.2. The molecule has 15 heteroatoms. The molecule has 4 saturated heterocycles. The van der Waals surface area contributed by atoms with Crippen LogP contribution in [0.5, 0.6) is 17.2 Å². The van der Waals surface area contributed by atoms with Crippen molar-refractivity contribution in [3.63, 3.8) is 0 Å². The van der Waals surface area contributed by atoms with Gasteiger partial charge in [0.05, 0.1) is 67.6 Å². The average Bonchev–Trinajstić information content (AvgIpc) is 3.38. The van der Waals surface area contributed by atoms with E-state index in [1.165, 1.54) is 0 Å². The van der Waals surface area contributed by atoms with Crippen molar-refractivity contribution in [2.45, 2.75) is 203 Å². The number of carbonyl (C=O) groups excluding carboxylic acids is 1. The van der Waals surface area contributed by atoms with E-state index in [4.69, 9.17) is 37.9 Å². The molecule has 4 aromatic rings. The first-order chi connectivity index (χ1) is 35.5. The largest absolute Gasteiger partial charge is 0.507 e. The van der Waals surface area contributed by atoms with E-state index in [1.807, 2.05) is 49.4 Å². The van der Waals surface area contributed by atoms with Gasteiger partial charge in [-0.3, -0.25) is 4.79 Å². The van der Waals surface area contributed by atoms with Crippen LogP contribution in [-0.2, 0) is 37.9 Å². The molecule has 14 atom stereocenters. The molecular weight excluding hydrogens is 935 g/mol. The summed E-state index contributed by atoms with van der Waals surface area (Å²) in [4.78, 5) is 13.0. The molecule has 73 heavy (non-hydrogen) atoms. The number of nitrogens with one attached hydrogen (secondary N) is 1. The van der Waals surface area contributed by atoms with Crippen molar-refractivity contribution in [1.82, 2.24) is 5.32 Å². The maximum Gasteiger partial charge on any atom is 0.251 e. The molecule has 0 aliphatic carbocycles. The summed E-state index contributed by atoms with van der Waals surface area (Å²) < 4.78 is 50.6. The fraction of sp³-hybridized carbons (Fsp3) is 0.569. The van der Waals surface area contributed by atoms with Crippen LogP contribution in [0.4, 0.5) is 0 Å². The molecule has 0 radical (unpaired) electrons. The van der Waals surface area contributed by atoms with Gasteiger partial charge in [-0.15, -0.1) is 0 Å². The van der Waals surface area contributed by atoms with Crippen LogP contribution in [-0.4, -0.2) is 105 Å². The van der Waals surface area contributed by atoms with Crippen molar-refractivity contribution in [3.05, 3.63) is 125 Å². The molecule has 1 amide bonds. The van der Waals surface area contributed by atoms with Gasteiger partial charge in [0.1, 0.15) is 17.2 Å². The molecule has 0 bridgehead atoms. The van der Waals surface area contributed by atoms with Gasteiger partial charge in [0.2, 0.25) is 0 Å². The third-order valence-corrected chi connectivity index (χ3v) is 14.5. The van der Waals surface area contributed by atoms with Crippen LogP contribution < -0.4 is 5.32 Å². The Hall–Kier alpha value is -4.65. The Bertz CT molecular complexity index is 2290. The van der Waals surface area contributed by atoms with E-state index < -0.39 is 37.4 Å². The lowest BCUT2D eigenvalue weighted by molar-refractivity contribution is -0.253. The van der Waals surface area contributed by atoms with Gasteiger partial charge >= 0.3 is 0 Å². The third kappa shape index (κ3) is 16.2. The molecular formula is C58H77NO14. The number of carbonyl (C=O) groups is 1. The molecule has 8 rings (SSSR count). The van der Waals surface area contributed by atoms with Gasteiger partial charge in [0.15, 0.2) is 25.2 Å². The molecule has 0 spiro atoms. The monoisotopic (exact) mass is 1010 g/mol. The molecule has 4 aromatic carbocycles. The number of rotatable bonds is 23. The van der Waals surface area contributed by atoms with Crippen LogP contribution in [0.25, 0.3) is 0 Å². The quantitative estimate of drug-likeness (QED) is 0.0409. The number of benzene rings is 4. The van der Waals surface area contributed by atoms with Crippen molar-refractivity contribution in [2.24, 2.45) is 0 Å². The first-order valence-electron chi connectivity index (χ1n) is 26.7. The number of aliphatic hydroxyl groups excluding tert-OH is 2. The minimum Gasteiger partial charge on any atom is -0.507 e. The zero-order chi connectivity index (χ0) is 51.1. The first-order valence-corrected chi connectivity index (χ1v) is 26.7. The van der Waals surface area contributed by atoms with Crippen LogP contribution in [0.1, 0.15) is 162 Å². The van der Waals surface area contributed by atoms with Crippen LogP contribution in [0.15, 0.2) is 103 Å². The molecule has 4 aliphatic rings. The number of phenols is 3. The summed E-state index contributed by atoms with van der Waals surface area (Å²) in [5.41, 5.74) is 2.30. The number of para-hydroxylation sites is 3. The molecule has 13 unspecified atom stereocenters. The van der Waals surface area contributed by atoms with Crippen LogP contribution >= 0.6 is 0 Å². The van der Waals surface area contributed by atoms with Gasteiger partial charge in [-0.2, -0.15) is 0 Å². The lowest BCUT2D eigenvalue weighted by Gasteiger charge is -2.38. The molecule has 4 heterocycles. The number of aliphatic hydroxyl groups is 2. The van der Waals surface area contributed by atoms with Gasteiger partial charge in [-0.1, -0.05) is 79.7 Å². The normalized spacial score (nSPS) is 29.5. The Morgan fingerprint density at radius 1 is 0.507 bits per heavy atom. The van der Waals surface area contributed by atoms with Crippen LogP contribution in [0, 0.1) is 0 Å². The third-order valence-electron chi connectivity index (χ3n) is 14.5. The number of hydrogen-bond donors (Lipinski definition) is 6. The lowest BCUT2D eigenvalue weighted by atomic mass is 9.95. The van der Waals surface area contributed by atoms with Gasteiger partial charge in [0.25, 0.3) is 5.91 Å². The fourth-order valence-corrected chi connectivity index (χ4v) is 10.7. The predicted octanol–water partition coefficient (Wildman–Crippen LogP) is 10.1. The zero-order valence-corrected chi connectivity index (χ0v) is 42.3. The second-order valence-electron chi connectivity index (χ2n) is 20.4. The Labute approximate surface area is 430 Å². The van der Waals surface area contributed by atoms with Crippen molar-refractivity contribution in [2.75, 3.05) is 6.54 Å². The maximum absolute atomic E-state index is 13.0. The summed E-state index contributed by atoms with van der Waals surface area (Å²) in [6.45, 7) is 4.23. The number of aromatic hydroxyl groups is 3. The van der Waals surface area contributed by atoms with Crippen LogP contribution in [0.3, 0.4) is 0 Å². The Kier molecular flexibility index (Phi) is 20.4. The van der Waals surface area contributed by atoms with E-state index in [0.29, 0.717) is 92.9 Å². The summed E-state index contributed by atoms with van der Waals surface area (Å²) >= 11 is 0. The van der Waals surface area contributed by atoms with Gasteiger partial charge < -0.3 is 68.7 Å². The molecule has 398 valence electrons. The smallest absolute Gasteiger partial charge is 0.251 e. The van der Waals surface area contributed by atoms with Crippen molar-refractivity contribution in [3.8, 4) is 17.2 Å². The standard InChI is InChI=1S/C58H77NO14/c1-3-41-33-43(70-57(69-41)49-25-8-11-28-52(49)63)23-15-22-42-35-47(68-54(67-42)36-59-55(65)38-16-5-4-6-17-38)32-40(61)19-14-21-45-34-44(71-58(72-45)50-26-9-12-29-53(50)64)20-13-18-39(60)31-46-30-37(2)66-56(73-46)48-24-7-10-27-51(48)62/h4-12,16-17,24-29,37,39-47,54,56-58,60-64H,3,13-15,18-23,30-36H2,1-2H3,(H,59,65)/t37-,39?,40?,41?,42?,43?,44?,45?,46?,47?,54?,56?,57?,58?/m0/s1. The van der Waals surface area contributed by atoms with Crippen molar-refractivity contribution < 1.29 is 68.2 Å². The zero-order valence-electron chi connectivity index (χ0n) is 42.3. The second-order valence-corrected chi connectivity index (χ2v) is 20.4. The predicted molar refractivity (Wildman–Crippen MR) is 271 cm³/mol. The maximum atomic E-state index is 13.0. The fourth-order valence-electron chi connectivity index (χ4n) is 10.7. The van der Waals surface area contributed by atoms with E-state index in [0.717, 1.165) is 32.1 Å². The highest BCUT2D eigenvalue weighted by Crippen LogP contribution is 2.40. The second kappa shape index (κ2) is 27.2. The highest BCUT2D eigenvalue weighted by atomic mass is 16.7. The highest BCUT2D eigenvalue weighted by molar-refractivity contribution is 5.94. The Balaban J connectivity index is 0.824. The average molecular weight is 1010 g/mol. The number of hydrogen-bond acceptors (Lipinski definition) is 14. The van der Waals surface area contributed by atoms with Gasteiger partial charge in [-0.25, -0.2) is 0 Å². The summed E-state index contributed by atoms with van der Waals surface area (Å²) in [5.74, 6) is 0.138. The Morgan fingerprint density at radius 2 is 0.904 bits per heavy atom. The SMILES string of the molecule is CCC1CC(CCCC2CC(CC(O)CCCC3CC(CCCC(O)CC4C[C@H](C)OC(c5ccccc5O)O4)OC(c4ccccc4O)O3)OC(CNC(=O)c3ccccc3)O2)OC(c2ccccc2O)O1. The number of phenolic OH excluding ortho intramolecular Hbond substituents is 3. The van der Waals surface area contributed by atoms with Crippen molar-refractivity contribution in [1.29, 1.82) is 0 Å². The van der Waals surface area contributed by atoms with E-state index in [2.05, 4.69) is 12.2 Å². The van der Waals surface area contributed by atoms with E-state index in [9.17, 15) is 30.3 Å². The lowest BCUT2D eigenvalue weighted by Crippen LogP contribution is -2.45. The van der Waals surface area contributed by atoms with E-state index >= 15 is 0 Å². The molecule has 6 N–H and O–H groups in total. The Morgan fingerprint density at radius 3 is 1.42 bits per heavy atom. The van der Waals surface area contributed by atoms with E-state index in [1.54, 1.807) is 60.7 Å². The van der Waals surface area contributed by atoms with Gasteiger partial charge in [-0.05, 0) is 121 Å². The van der Waals surface area contributed by atoms with Gasteiger partial charge in [0, 0.05) is 41.5 Å². The summed E-state index contributed by atoms with van der Waals surface area (Å²) in [7, 11) is 0. The van der Waals surface area contributed by atoms with Crippen LogP contribution in [0.2, 0.25) is 0 Å².